The highest BCUT2D eigenvalue weighted by molar-refractivity contribution is 6.31. The highest BCUT2D eigenvalue weighted by atomic mass is 35.5. The second-order valence-electron chi connectivity index (χ2n) is 12.1. The predicted molar refractivity (Wildman–Crippen MR) is 169 cm³/mol. The van der Waals surface area contributed by atoms with Crippen molar-refractivity contribution in [3.63, 3.8) is 0 Å². The minimum atomic E-state index is -4.64. The molecule has 0 spiro atoms. The van der Waals surface area contributed by atoms with Gasteiger partial charge in [0.15, 0.2) is 0 Å². The maximum Gasteiger partial charge on any atom is 0.417 e. The van der Waals surface area contributed by atoms with Crippen LogP contribution in [0.25, 0.3) is 0 Å². The maximum absolute atomic E-state index is 14.4. The number of esters is 1. The summed E-state index contributed by atoms with van der Waals surface area (Å²) in [7, 11) is 0. The first kappa shape index (κ1) is 33.0. The fourth-order valence-electron chi connectivity index (χ4n) is 7.38. The third-order valence-corrected chi connectivity index (χ3v) is 9.95. The van der Waals surface area contributed by atoms with Gasteiger partial charge in [-0.25, -0.2) is 0 Å². The lowest BCUT2D eigenvalue weighted by molar-refractivity contribution is -0.152. The molecule has 2 aliphatic heterocycles. The summed E-state index contributed by atoms with van der Waals surface area (Å²) in [5, 5.41) is -0.397. The van der Waals surface area contributed by atoms with Gasteiger partial charge in [-0.15, -0.1) is 0 Å². The average Bonchev–Trinajstić information content (AvgIpc) is 3.32. The average molecular weight is 641 g/mol. The van der Waals surface area contributed by atoms with Gasteiger partial charge in [0.25, 0.3) is 0 Å². The molecular weight excluding hydrogens is 601 g/mol. The van der Waals surface area contributed by atoms with Crippen molar-refractivity contribution in [1.29, 1.82) is 0 Å². The summed E-state index contributed by atoms with van der Waals surface area (Å²) < 4.78 is 46.7. The van der Waals surface area contributed by atoms with Crippen LogP contribution in [0.1, 0.15) is 61.8 Å². The molecule has 0 saturated carbocycles. The molecule has 2 fully saturated rings. The minimum absolute atomic E-state index is 0.00343. The first-order chi connectivity index (χ1) is 21.6. The number of piperidine rings is 1. The molecule has 0 radical (unpaired) electrons. The Morgan fingerprint density at radius 1 is 0.911 bits per heavy atom. The van der Waals surface area contributed by atoms with Gasteiger partial charge in [0.1, 0.15) is 5.41 Å². The molecule has 1 amide bonds. The van der Waals surface area contributed by atoms with Gasteiger partial charge in [-0.2, -0.15) is 13.2 Å². The zero-order chi connectivity index (χ0) is 32.2. The van der Waals surface area contributed by atoms with Crippen LogP contribution >= 0.6 is 11.6 Å². The van der Waals surface area contributed by atoms with Gasteiger partial charge in [0.05, 0.1) is 22.6 Å². The Labute approximate surface area is 268 Å². The molecule has 1 atom stereocenters. The normalized spacial score (nSPS) is 19.9. The van der Waals surface area contributed by atoms with Crippen LogP contribution in [0.2, 0.25) is 5.02 Å². The number of likely N-dealkylation sites (tertiary alicyclic amines) is 2. The Morgan fingerprint density at radius 2 is 1.51 bits per heavy atom. The van der Waals surface area contributed by atoms with E-state index in [9.17, 15) is 22.8 Å². The Balaban J connectivity index is 1.41. The van der Waals surface area contributed by atoms with Crippen molar-refractivity contribution in [2.75, 3.05) is 39.3 Å². The van der Waals surface area contributed by atoms with E-state index in [0.29, 0.717) is 45.6 Å². The molecule has 9 heteroatoms. The van der Waals surface area contributed by atoms with Gasteiger partial charge >= 0.3 is 12.1 Å². The largest absolute Gasteiger partial charge is 0.465 e. The van der Waals surface area contributed by atoms with E-state index in [1.165, 1.54) is 12.1 Å². The smallest absolute Gasteiger partial charge is 0.417 e. The molecule has 2 heterocycles. The lowest BCUT2D eigenvalue weighted by Gasteiger charge is -2.41. The molecule has 1 unspecified atom stereocenters. The number of amides is 1. The zero-order valence-corrected chi connectivity index (χ0v) is 26.5. The summed E-state index contributed by atoms with van der Waals surface area (Å²) in [6.07, 6.45) is -2.40. The van der Waals surface area contributed by atoms with Crippen LogP contribution in [0, 0.1) is 5.92 Å². The highest BCUT2D eigenvalue weighted by Gasteiger charge is 2.55. The number of hydrogen-bond acceptors (Lipinski definition) is 4. The van der Waals surface area contributed by atoms with Gasteiger partial charge in [-0.1, -0.05) is 85.3 Å². The van der Waals surface area contributed by atoms with Gasteiger partial charge in [0.2, 0.25) is 5.91 Å². The molecule has 3 aromatic carbocycles. The lowest BCUT2D eigenvalue weighted by atomic mass is 9.66. The summed E-state index contributed by atoms with van der Waals surface area (Å²) in [5.74, 6) is -0.387. The van der Waals surface area contributed by atoms with E-state index >= 15 is 0 Å². The van der Waals surface area contributed by atoms with E-state index < -0.39 is 33.6 Å². The summed E-state index contributed by atoms with van der Waals surface area (Å²) in [5.41, 5.74) is -0.731. The molecular formula is C36H40ClF3N2O3. The van der Waals surface area contributed by atoms with E-state index in [1.54, 1.807) is 6.92 Å². The monoisotopic (exact) mass is 640 g/mol. The number of halogens is 4. The number of alkyl halides is 3. The van der Waals surface area contributed by atoms with Gasteiger partial charge in [-0.3, -0.25) is 9.59 Å². The molecule has 0 aromatic heterocycles. The molecule has 2 saturated heterocycles. The first-order valence-corrected chi connectivity index (χ1v) is 16.1. The van der Waals surface area contributed by atoms with Crippen LogP contribution in [0.5, 0.6) is 0 Å². The Hall–Kier alpha value is -3.36. The fraction of sp³-hybridized carbons (Fsp3) is 0.444. The molecule has 0 N–H and O–H groups in total. The second-order valence-corrected chi connectivity index (χ2v) is 12.5. The topological polar surface area (TPSA) is 49.9 Å². The third-order valence-electron chi connectivity index (χ3n) is 9.62. The predicted octanol–water partition coefficient (Wildman–Crippen LogP) is 7.50. The number of benzene rings is 3. The van der Waals surface area contributed by atoms with Gasteiger partial charge in [0, 0.05) is 19.0 Å². The number of carbonyl (C=O) groups excluding carboxylic acids is 2. The second kappa shape index (κ2) is 13.6. The molecule has 45 heavy (non-hydrogen) atoms. The van der Waals surface area contributed by atoms with Crippen LogP contribution in [-0.4, -0.2) is 61.0 Å². The van der Waals surface area contributed by atoms with Crippen molar-refractivity contribution in [3.8, 4) is 0 Å². The van der Waals surface area contributed by atoms with Crippen molar-refractivity contribution in [2.45, 2.75) is 56.5 Å². The number of nitrogens with zero attached hydrogens (tertiary/aromatic N) is 2. The molecule has 240 valence electrons. The number of rotatable bonds is 10. The standard InChI is InChI=1S/C36H40ClF3N2O3/c1-3-20-42-25-29(35(32(42)43,26-11-7-5-8-12-26)27-13-9-6-10-14-27)17-21-41-22-18-34(19-23-41,33(44)45-4-2)28-15-16-31(37)30(24-28)36(38,39)40/h5-16,24,29H,3-4,17-23,25H2,1-2H3. The van der Waals surface area contributed by atoms with E-state index in [2.05, 4.69) is 11.8 Å². The summed E-state index contributed by atoms with van der Waals surface area (Å²) in [6, 6.07) is 23.8. The van der Waals surface area contributed by atoms with Crippen molar-refractivity contribution < 1.29 is 27.5 Å². The van der Waals surface area contributed by atoms with E-state index in [0.717, 1.165) is 30.0 Å². The molecule has 5 nitrogen and oxygen atoms in total. The van der Waals surface area contributed by atoms with E-state index in [4.69, 9.17) is 16.3 Å². The van der Waals surface area contributed by atoms with Crippen LogP contribution in [0.3, 0.4) is 0 Å². The SMILES string of the molecule is CCCN1CC(CCN2CCC(C(=O)OCC)(c3ccc(Cl)c(C(F)(F)F)c3)CC2)C(c2ccccc2)(c2ccccc2)C1=O. The lowest BCUT2D eigenvalue weighted by Crippen LogP contribution is -2.49. The van der Waals surface area contributed by atoms with Gasteiger partial charge in [-0.05, 0) is 81.1 Å². The van der Waals surface area contributed by atoms with Crippen molar-refractivity contribution in [3.05, 3.63) is 106 Å². The minimum Gasteiger partial charge on any atom is -0.465 e. The molecule has 0 aliphatic carbocycles. The van der Waals surface area contributed by atoms with E-state index in [1.807, 2.05) is 65.6 Å². The number of hydrogen-bond donors (Lipinski definition) is 0. The molecule has 3 aromatic rings. The molecule has 5 rings (SSSR count). The zero-order valence-electron chi connectivity index (χ0n) is 25.8. The molecule has 2 aliphatic rings. The summed E-state index contributed by atoms with van der Waals surface area (Å²) in [4.78, 5) is 32.0. The van der Waals surface area contributed by atoms with Crippen molar-refractivity contribution in [1.82, 2.24) is 9.80 Å². The molecule has 0 bridgehead atoms. The quantitative estimate of drug-likeness (QED) is 0.215. The maximum atomic E-state index is 14.4. The van der Waals surface area contributed by atoms with Crippen LogP contribution in [0.4, 0.5) is 13.2 Å². The van der Waals surface area contributed by atoms with E-state index in [-0.39, 0.29) is 24.0 Å². The Bertz CT molecular complexity index is 1430. The van der Waals surface area contributed by atoms with Gasteiger partial charge < -0.3 is 14.5 Å². The Morgan fingerprint density at radius 3 is 2.04 bits per heavy atom. The Kier molecular flexibility index (Phi) is 9.94. The first-order valence-electron chi connectivity index (χ1n) is 15.7. The number of carbonyl (C=O) groups is 2. The fourth-order valence-corrected chi connectivity index (χ4v) is 7.61. The van der Waals surface area contributed by atoms with Crippen LogP contribution < -0.4 is 0 Å². The van der Waals surface area contributed by atoms with Crippen molar-refractivity contribution >= 4 is 23.5 Å². The highest BCUT2D eigenvalue weighted by Crippen LogP contribution is 2.48. The van der Waals surface area contributed by atoms with Crippen LogP contribution in [0.15, 0.2) is 78.9 Å². The summed E-state index contributed by atoms with van der Waals surface area (Å²) >= 11 is 5.91. The number of ether oxygens (including phenoxy) is 1. The van der Waals surface area contributed by atoms with Crippen LogP contribution in [-0.2, 0) is 31.3 Å². The summed E-state index contributed by atoms with van der Waals surface area (Å²) in [6.45, 7) is 6.93. The van der Waals surface area contributed by atoms with Crippen molar-refractivity contribution in [2.24, 2.45) is 5.92 Å². The third kappa shape index (κ3) is 6.24.